The number of rotatable bonds is 2. The summed E-state index contributed by atoms with van der Waals surface area (Å²) in [5, 5.41) is 12.7. The van der Waals surface area contributed by atoms with Gasteiger partial charge in [-0.1, -0.05) is 37.6 Å². The summed E-state index contributed by atoms with van der Waals surface area (Å²) in [6.45, 7) is 5.25. The lowest BCUT2D eigenvalue weighted by molar-refractivity contribution is -0.274. The number of halogens is 4. The molecule has 11 heteroatoms. The highest BCUT2D eigenvalue weighted by molar-refractivity contribution is 6.31. The van der Waals surface area contributed by atoms with Crippen molar-refractivity contribution in [1.29, 1.82) is 0 Å². The van der Waals surface area contributed by atoms with Crippen LogP contribution in [0, 0.1) is 5.41 Å². The van der Waals surface area contributed by atoms with Gasteiger partial charge < -0.3 is 14.4 Å². The van der Waals surface area contributed by atoms with E-state index >= 15 is 0 Å². The van der Waals surface area contributed by atoms with Crippen molar-refractivity contribution in [1.82, 2.24) is 19.8 Å². The molecule has 0 spiro atoms. The third-order valence-corrected chi connectivity index (χ3v) is 4.67. The number of fused-ring (bicyclic) bond motifs is 3. The van der Waals surface area contributed by atoms with Gasteiger partial charge in [0.1, 0.15) is 11.4 Å². The molecule has 29 heavy (non-hydrogen) atoms. The number of hydrogen-bond acceptors (Lipinski definition) is 6. The van der Waals surface area contributed by atoms with Gasteiger partial charge in [-0.25, -0.2) is 0 Å². The van der Waals surface area contributed by atoms with Crippen molar-refractivity contribution in [2.45, 2.75) is 20.2 Å². The van der Waals surface area contributed by atoms with Crippen LogP contribution < -0.4 is 14.4 Å². The average molecular weight is 428 g/mol. The maximum atomic E-state index is 12.5. The summed E-state index contributed by atoms with van der Waals surface area (Å²) in [7, 11) is 1.89. The van der Waals surface area contributed by atoms with E-state index < -0.39 is 6.36 Å². The van der Waals surface area contributed by atoms with E-state index in [9.17, 15) is 13.2 Å². The topological polar surface area (TPSA) is 64.8 Å². The number of nitrogens with zero attached hydrogens (tertiary/aromatic N) is 5. The largest absolute Gasteiger partial charge is 0.573 e. The molecule has 3 heterocycles. The zero-order valence-corrected chi connectivity index (χ0v) is 16.5. The molecular formula is C18H17ClF3N5O2. The predicted octanol–water partition coefficient (Wildman–Crippen LogP) is 4.20. The van der Waals surface area contributed by atoms with Gasteiger partial charge in [0.15, 0.2) is 16.7 Å². The molecule has 0 unspecified atom stereocenters. The molecule has 4 rings (SSSR count). The van der Waals surface area contributed by atoms with Crippen LogP contribution in [0.3, 0.4) is 0 Å². The van der Waals surface area contributed by atoms with Crippen LogP contribution in [0.25, 0.3) is 17.0 Å². The van der Waals surface area contributed by atoms with Crippen LogP contribution in [0.2, 0.25) is 5.15 Å². The monoisotopic (exact) mass is 427 g/mol. The molecule has 0 bridgehead atoms. The van der Waals surface area contributed by atoms with Gasteiger partial charge in [-0.05, 0) is 12.1 Å². The first kappa shape index (κ1) is 19.6. The third kappa shape index (κ3) is 3.76. The minimum Gasteiger partial charge on any atom is -0.487 e. The Morgan fingerprint density at radius 3 is 2.72 bits per heavy atom. The number of ether oxygens (including phenoxy) is 2. The van der Waals surface area contributed by atoms with E-state index in [0.29, 0.717) is 35.8 Å². The second kappa shape index (κ2) is 6.65. The lowest BCUT2D eigenvalue weighted by Crippen LogP contribution is -2.33. The fourth-order valence-corrected chi connectivity index (χ4v) is 3.59. The first-order valence-electron chi connectivity index (χ1n) is 8.69. The van der Waals surface area contributed by atoms with E-state index in [4.69, 9.17) is 16.3 Å². The molecule has 0 fully saturated rings. The van der Waals surface area contributed by atoms with Crippen LogP contribution in [0.15, 0.2) is 24.3 Å². The van der Waals surface area contributed by atoms with Crippen LogP contribution >= 0.6 is 11.6 Å². The normalized spacial score (nSPS) is 16.3. The summed E-state index contributed by atoms with van der Waals surface area (Å²) >= 11 is 6.37. The number of benzene rings is 1. The minimum absolute atomic E-state index is 0.112. The molecule has 0 saturated carbocycles. The van der Waals surface area contributed by atoms with Gasteiger partial charge in [0, 0.05) is 24.6 Å². The molecule has 0 aliphatic carbocycles. The second-order valence-corrected chi connectivity index (χ2v) is 7.97. The molecule has 1 aromatic carbocycles. The van der Waals surface area contributed by atoms with E-state index in [2.05, 4.69) is 33.9 Å². The standard InChI is InChI=1S/C18H17ClF3N5O2/c1-17(2)8-26(3)12-13(28-9-17)14(19)25-27-15(23-24-16(12)27)10-5-4-6-11(7-10)29-18(20,21)22/h4-7H,8-9H2,1-3H3. The summed E-state index contributed by atoms with van der Waals surface area (Å²) in [5.41, 5.74) is 1.22. The quantitative estimate of drug-likeness (QED) is 0.610. The molecule has 0 saturated heterocycles. The Morgan fingerprint density at radius 2 is 2.00 bits per heavy atom. The average Bonchev–Trinajstić information content (AvgIpc) is 2.95. The van der Waals surface area contributed by atoms with Gasteiger partial charge >= 0.3 is 6.36 Å². The molecule has 1 aliphatic rings. The summed E-state index contributed by atoms with van der Waals surface area (Å²) in [6.07, 6.45) is -4.79. The fraction of sp³-hybridized carbons (Fsp3) is 0.389. The Morgan fingerprint density at radius 1 is 1.24 bits per heavy atom. The van der Waals surface area contributed by atoms with Crippen molar-refractivity contribution >= 4 is 22.9 Å². The maximum absolute atomic E-state index is 12.5. The molecule has 2 aromatic heterocycles. The lowest BCUT2D eigenvalue weighted by atomic mass is 9.94. The summed E-state index contributed by atoms with van der Waals surface area (Å²) in [4.78, 5) is 1.97. The highest BCUT2D eigenvalue weighted by atomic mass is 35.5. The number of anilines is 1. The van der Waals surface area contributed by atoms with E-state index in [1.807, 2.05) is 11.9 Å². The Labute approximate surface area is 169 Å². The van der Waals surface area contributed by atoms with Crippen molar-refractivity contribution in [3.8, 4) is 22.9 Å². The maximum Gasteiger partial charge on any atom is 0.573 e. The highest BCUT2D eigenvalue weighted by Gasteiger charge is 2.33. The third-order valence-electron chi connectivity index (χ3n) is 4.42. The molecule has 0 radical (unpaired) electrons. The summed E-state index contributed by atoms with van der Waals surface area (Å²) < 4.78 is 48.9. The molecular weight excluding hydrogens is 411 g/mol. The van der Waals surface area contributed by atoms with E-state index in [0.717, 1.165) is 0 Å². The molecule has 0 atom stereocenters. The van der Waals surface area contributed by atoms with Crippen LogP contribution in [0.5, 0.6) is 11.5 Å². The van der Waals surface area contributed by atoms with Gasteiger partial charge in [-0.2, -0.15) is 4.52 Å². The van der Waals surface area contributed by atoms with Gasteiger partial charge in [0.2, 0.25) is 5.65 Å². The van der Waals surface area contributed by atoms with Crippen molar-refractivity contribution < 1.29 is 22.6 Å². The van der Waals surface area contributed by atoms with Crippen molar-refractivity contribution in [3.05, 3.63) is 29.4 Å². The molecule has 0 N–H and O–H groups in total. The minimum atomic E-state index is -4.79. The number of alkyl halides is 3. The van der Waals surface area contributed by atoms with Crippen molar-refractivity contribution in [2.75, 3.05) is 25.1 Å². The van der Waals surface area contributed by atoms with Gasteiger partial charge in [-0.3, -0.25) is 0 Å². The number of aromatic nitrogens is 4. The SMILES string of the molecule is CN1CC(C)(C)COc2c(Cl)nn3c(-c4cccc(OC(F)(F)F)c4)nnc3c21. The summed E-state index contributed by atoms with van der Waals surface area (Å²) in [6, 6.07) is 5.44. The van der Waals surface area contributed by atoms with Gasteiger partial charge in [-0.15, -0.1) is 28.5 Å². The molecule has 154 valence electrons. The lowest BCUT2D eigenvalue weighted by Gasteiger charge is -2.26. The van der Waals surface area contributed by atoms with E-state index in [1.54, 1.807) is 6.07 Å². The van der Waals surface area contributed by atoms with Crippen LogP contribution in [-0.2, 0) is 0 Å². The highest BCUT2D eigenvalue weighted by Crippen LogP contribution is 2.41. The van der Waals surface area contributed by atoms with E-state index in [-0.39, 0.29) is 22.1 Å². The van der Waals surface area contributed by atoms with Crippen LogP contribution in [-0.4, -0.2) is 46.4 Å². The van der Waals surface area contributed by atoms with Crippen molar-refractivity contribution in [2.24, 2.45) is 5.41 Å². The zero-order chi connectivity index (χ0) is 21.0. The Kier molecular flexibility index (Phi) is 4.49. The first-order valence-corrected chi connectivity index (χ1v) is 9.07. The second-order valence-electron chi connectivity index (χ2n) is 7.61. The predicted molar refractivity (Wildman–Crippen MR) is 100 cm³/mol. The Balaban J connectivity index is 1.84. The summed E-state index contributed by atoms with van der Waals surface area (Å²) in [5.74, 6) is 0.268. The van der Waals surface area contributed by atoms with Crippen LogP contribution in [0.1, 0.15) is 13.8 Å². The molecule has 3 aromatic rings. The Bertz CT molecular complexity index is 1080. The Hall–Kier alpha value is -2.75. The van der Waals surface area contributed by atoms with Crippen molar-refractivity contribution in [3.63, 3.8) is 0 Å². The zero-order valence-electron chi connectivity index (χ0n) is 15.8. The van der Waals surface area contributed by atoms with Gasteiger partial charge in [0.05, 0.1) is 6.61 Å². The molecule has 7 nitrogen and oxygen atoms in total. The molecule has 1 aliphatic heterocycles. The number of hydrogen-bond donors (Lipinski definition) is 0. The molecule has 0 amide bonds. The first-order chi connectivity index (χ1) is 13.5. The fourth-order valence-electron chi connectivity index (χ4n) is 3.37. The van der Waals surface area contributed by atoms with E-state index in [1.165, 1.54) is 22.7 Å². The van der Waals surface area contributed by atoms with Crippen LogP contribution in [0.4, 0.5) is 18.9 Å². The van der Waals surface area contributed by atoms with Gasteiger partial charge in [0.25, 0.3) is 0 Å². The smallest absolute Gasteiger partial charge is 0.487 e.